The molecule has 4 heterocycles. The molecule has 3 aromatic heterocycles. The molecular weight excluding hydrogens is 431 g/mol. The first-order chi connectivity index (χ1) is 15.4. The summed E-state index contributed by atoms with van der Waals surface area (Å²) in [5, 5.41) is 4.58. The Morgan fingerprint density at radius 1 is 1.12 bits per heavy atom. The van der Waals surface area contributed by atoms with E-state index in [0.717, 1.165) is 23.4 Å². The van der Waals surface area contributed by atoms with Crippen LogP contribution >= 0.6 is 11.6 Å². The summed E-state index contributed by atoms with van der Waals surface area (Å²) < 4.78 is 22.6. The molecule has 2 atom stereocenters. The van der Waals surface area contributed by atoms with Crippen LogP contribution in [0.25, 0.3) is 22.4 Å². The zero-order valence-electron chi connectivity index (χ0n) is 18.0. The number of halogens is 2. The molecule has 0 amide bonds. The lowest BCUT2D eigenvalue weighted by molar-refractivity contribution is 0.00398. The number of rotatable bonds is 3. The number of nitrogens with zero attached hydrogens (tertiary/aromatic N) is 6. The van der Waals surface area contributed by atoms with Crippen molar-refractivity contribution in [1.82, 2.24) is 29.7 Å². The molecule has 1 fully saturated rings. The minimum atomic E-state index is -0.455. The molecule has 1 unspecified atom stereocenters. The number of fused-ring (bicyclic) bond motifs is 1. The number of aromatic nitrogens is 6. The van der Waals surface area contributed by atoms with Crippen LogP contribution in [0.5, 0.6) is 0 Å². The van der Waals surface area contributed by atoms with Gasteiger partial charge in [-0.1, -0.05) is 11.6 Å². The standard InChI is InChI=1S/C23H22ClFN6O/c1-12-13(2)28-23-21(27-12)20(17-5-4-16(24)9-18(17)25)29-22(30-23)14-6-7-32-19(8-14)15-10-26-31(3)11-15/h4-5,9-11,14,19H,6-8H2,1-3H3/t14-,19?/m1/s1. The normalized spacial score (nSPS) is 18.9. The van der Waals surface area contributed by atoms with Gasteiger partial charge in [0.1, 0.15) is 22.9 Å². The van der Waals surface area contributed by atoms with Crippen LogP contribution in [-0.2, 0) is 11.8 Å². The van der Waals surface area contributed by atoms with Gasteiger partial charge in [0.15, 0.2) is 5.65 Å². The van der Waals surface area contributed by atoms with E-state index >= 15 is 0 Å². The van der Waals surface area contributed by atoms with Crippen LogP contribution in [-0.4, -0.2) is 36.3 Å². The number of aryl methyl sites for hydroxylation is 3. The quantitative estimate of drug-likeness (QED) is 0.441. The largest absolute Gasteiger partial charge is 0.373 e. The number of ether oxygens (including phenoxy) is 1. The van der Waals surface area contributed by atoms with Crippen LogP contribution < -0.4 is 0 Å². The lowest BCUT2D eigenvalue weighted by Crippen LogP contribution is -2.20. The second kappa shape index (κ2) is 8.18. The van der Waals surface area contributed by atoms with Crippen molar-refractivity contribution in [3.8, 4) is 11.3 Å². The van der Waals surface area contributed by atoms with Crippen molar-refractivity contribution >= 4 is 22.8 Å². The van der Waals surface area contributed by atoms with Gasteiger partial charge in [-0.15, -0.1) is 0 Å². The molecule has 9 heteroatoms. The minimum Gasteiger partial charge on any atom is -0.373 e. The van der Waals surface area contributed by atoms with E-state index in [-0.39, 0.29) is 12.0 Å². The van der Waals surface area contributed by atoms with Gasteiger partial charge in [0.05, 0.1) is 23.7 Å². The van der Waals surface area contributed by atoms with Crippen molar-refractivity contribution in [3.63, 3.8) is 0 Å². The third-order valence-corrected chi connectivity index (χ3v) is 6.13. The predicted molar refractivity (Wildman–Crippen MR) is 119 cm³/mol. The molecule has 0 spiro atoms. The molecule has 0 N–H and O–H groups in total. The summed E-state index contributed by atoms with van der Waals surface area (Å²) in [5.74, 6) is 0.205. The van der Waals surface area contributed by atoms with Crippen LogP contribution in [0.2, 0.25) is 5.02 Å². The molecule has 0 radical (unpaired) electrons. The molecule has 1 aromatic carbocycles. The second-order valence-corrected chi connectivity index (χ2v) is 8.59. The molecule has 1 aliphatic rings. The fraction of sp³-hybridized carbons (Fsp3) is 0.348. The molecule has 4 aromatic rings. The van der Waals surface area contributed by atoms with Gasteiger partial charge in [0.2, 0.25) is 0 Å². The SMILES string of the molecule is Cc1nc2nc([C@@H]3CCOC(c4cnn(C)c4)C3)nc(-c3ccc(Cl)cc3F)c2nc1C. The van der Waals surface area contributed by atoms with Crippen LogP contribution in [0.1, 0.15) is 47.6 Å². The van der Waals surface area contributed by atoms with Gasteiger partial charge in [-0.25, -0.2) is 24.3 Å². The second-order valence-electron chi connectivity index (χ2n) is 8.15. The first kappa shape index (κ1) is 20.9. The fourth-order valence-corrected chi connectivity index (χ4v) is 4.21. The van der Waals surface area contributed by atoms with Crippen molar-refractivity contribution in [3.05, 3.63) is 64.2 Å². The average molecular weight is 453 g/mol. The van der Waals surface area contributed by atoms with Gasteiger partial charge in [-0.2, -0.15) is 5.10 Å². The van der Waals surface area contributed by atoms with E-state index in [2.05, 4.69) is 15.1 Å². The first-order valence-corrected chi connectivity index (χ1v) is 10.9. The zero-order valence-corrected chi connectivity index (χ0v) is 18.8. The van der Waals surface area contributed by atoms with E-state index in [1.54, 1.807) is 16.8 Å². The van der Waals surface area contributed by atoms with Crippen LogP contribution in [0, 0.1) is 19.7 Å². The molecule has 7 nitrogen and oxygen atoms in total. The summed E-state index contributed by atoms with van der Waals surface area (Å²) >= 11 is 5.98. The molecule has 32 heavy (non-hydrogen) atoms. The van der Waals surface area contributed by atoms with Crippen molar-refractivity contribution in [1.29, 1.82) is 0 Å². The number of benzene rings is 1. The first-order valence-electron chi connectivity index (χ1n) is 10.5. The van der Waals surface area contributed by atoms with Crippen molar-refractivity contribution < 1.29 is 9.13 Å². The lowest BCUT2D eigenvalue weighted by atomic mass is 9.92. The third kappa shape index (κ3) is 3.84. The predicted octanol–water partition coefficient (Wildman–Crippen LogP) is 4.86. The highest BCUT2D eigenvalue weighted by Gasteiger charge is 2.29. The summed E-state index contributed by atoms with van der Waals surface area (Å²) in [4.78, 5) is 18.9. The summed E-state index contributed by atoms with van der Waals surface area (Å²) in [5.41, 5.74) is 4.27. The van der Waals surface area contributed by atoms with E-state index in [4.69, 9.17) is 26.3 Å². The molecule has 0 aliphatic carbocycles. The van der Waals surface area contributed by atoms with Gasteiger partial charge in [-0.05, 0) is 44.9 Å². The van der Waals surface area contributed by atoms with Gasteiger partial charge in [0.25, 0.3) is 0 Å². The highest BCUT2D eigenvalue weighted by molar-refractivity contribution is 6.30. The zero-order chi connectivity index (χ0) is 22.4. The summed E-state index contributed by atoms with van der Waals surface area (Å²) in [7, 11) is 1.88. The summed E-state index contributed by atoms with van der Waals surface area (Å²) in [6.45, 7) is 4.34. The van der Waals surface area contributed by atoms with Gasteiger partial charge >= 0.3 is 0 Å². The topological polar surface area (TPSA) is 78.6 Å². The maximum absolute atomic E-state index is 14.9. The number of hydrogen-bond donors (Lipinski definition) is 0. The van der Waals surface area contributed by atoms with Crippen LogP contribution in [0.3, 0.4) is 0 Å². The van der Waals surface area contributed by atoms with E-state index in [0.29, 0.717) is 46.3 Å². The van der Waals surface area contributed by atoms with Crippen molar-refractivity contribution in [2.24, 2.45) is 7.05 Å². The Morgan fingerprint density at radius 2 is 1.94 bits per heavy atom. The van der Waals surface area contributed by atoms with E-state index in [1.165, 1.54) is 6.07 Å². The highest BCUT2D eigenvalue weighted by atomic mass is 35.5. The van der Waals surface area contributed by atoms with Gasteiger partial charge < -0.3 is 4.74 Å². The average Bonchev–Trinajstić information content (AvgIpc) is 3.21. The van der Waals surface area contributed by atoms with E-state index in [9.17, 15) is 4.39 Å². The Kier molecular flexibility index (Phi) is 5.35. The smallest absolute Gasteiger partial charge is 0.182 e. The van der Waals surface area contributed by atoms with E-state index < -0.39 is 5.82 Å². The number of hydrogen-bond acceptors (Lipinski definition) is 6. The fourth-order valence-electron chi connectivity index (χ4n) is 4.05. The maximum Gasteiger partial charge on any atom is 0.182 e. The lowest BCUT2D eigenvalue weighted by Gasteiger charge is -2.28. The Bertz CT molecular complexity index is 1320. The van der Waals surface area contributed by atoms with Gasteiger partial charge in [-0.3, -0.25) is 4.68 Å². The van der Waals surface area contributed by atoms with Crippen molar-refractivity contribution in [2.45, 2.75) is 38.7 Å². The van der Waals surface area contributed by atoms with Crippen LogP contribution in [0.15, 0.2) is 30.6 Å². The minimum absolute atomic E-state index is 0.0378. The molecule has 5 rings (SSSR count). The van der Waals surface area contributed by atoms with Gasteiger partial charge in [0, 0.05) is 41.9 Å². The Morgan fingerprint density at radius 3 is 2.69 bits per heavy atom. The van der Waals surface area contributed by atoms with E-state index in [1.807, 2.05) is 33.3 Å². The third-order valence-electron chi connectivity index (χ3n) is 5.89. The monoisotopic (exact) mass is 452 g/mol. The molecule has 0 saturated carbocycles. The Hall–Kier alpha value is -2.97. The summed E-state index contributed by atoms with van der Waals surface area (Å²) in [6.07, 6.45) is 5.16. The molecule has 164 valence electrons. The van der Waals surface area contributed by atoms with Crippen LogP contribution in [0.4, 0.5) is 4.39 Å². The maximum atomic E-state index is 14.9. The molecule has 1 saturated heterocycles. The molecular formula is C23H22ClFN6O. The Labute approximate surface area is 189 Å². The highest BCUT2D eigenvalue weighted by Crippen LogP contribution is 2.38. The molecule has 0 bridgehead atoms. The summed E-state index contributed by atoms with van der Waals surface area (Å²) in [6, 6.07) is 4.56. The Balaban J connectivity index is 1.62. The molecule has 1 aliphatic heterocycles. The van der Waals surface area contributed by atoms with Crippen molar-refractivity contribution in [2.75, 3.05) is 6.61 Å².